The molecule has 2 rings (SSSR count). The van der Waals surface area contributed by atoms with Crippen LogP contribution in [0.1, 0.15) is 11.1 Å². The van der Waals surface area contributed by atoms with Gasteiger partial charge in [-0.05, 0) is 48.4 Å². The van der Waals surface area contributed by atoms with Gasteiger partial charge in [-0.1, -0.05) is 12.1 Å². The molecule has 0 spiro atoms. The first-order chi connectivity index (χ1) is 9.22. The summed E-state index contributed by atoms with van der Waals surface area (Å²) in [5.41, 5.74) is 3.44. The van der Waals surface area contributed by atoms with Gasteiger partial charge in [-0.15, -0.1) is 0 Å². The first-order valence-corrected chi connectivity index (χ1v) is 6.24. The van der Waals surface area contributed by atoms with Gasteiger partial charge in [0.05, 0.1) is 14.2 Å². The van der Waals surface area contributed by atoms with Gasteiger partial charge in [0.25, 0.3) is 0 Å². The van der Waals surface area contributed by atoms with Crippen molar-refractivity contribution >= 4 is 5.69 Å². The van der Waals surface area contributed by atoms with E-state index in [0.29, 0.717) is 0 Å². The molecule has 0 bridgehead atoms. The molecule has 0 aliphatic heterocycles. The molecule has 0 saturated carbocycles. The summed E-state index contributed by atoms with van der Waals surface area (Å²) in [5, 5.41) is 3.39. The molecular formula is C16H19NO2. The maximum absolute atomic E-state index is 5.25. The Balaban J connectivity index is 1.99. The van der Waals surface area contributed by atoms with Gasteiger partial charge in [-0.3, -0.25) is 0 Å². The number of rotatable bonds is 5. The highest BCUT2D eigenvalue weighted by Gasteiger charge is 2.00. The Morgan fingerprint density at radius 3 is 2.26 bits per heavy atom. The van der Waals surface area contributed by atoms with E-state index in [2.05, 4.69) is 23.5 Å². The molecule has 0 aliphatic carbocycles. The van der Waals surface area contributed by atoms with Crippen LogP contribution in [0.2, 0.25) is 0 Å². The standard InChI is InChI=1S/C16H19NO2/c1-12-10-14(6-9-16(12)19-3)17-11-13-4-7-15(18-2)8-5-13/h4-10,17H,11H2,1-3H3. The summed E-state index contributed by atoms with van der Waals surface area (Å²) in [6, 6.07) is 14.1. The number of ether oxygens (including phenoxy) is 2. The predicted molar refractivity (Wildman–Crippen MR) is 78.1 cm³/mol. The van der Waals surface area contributed by atoms with Gasteiger partial charge in [-0.25, -0.2) is 0 Å². The maximum Gasteiger partial charge on any atom is 0.121 e. The van der Waals surface area contributed by atoms with Gasteiger partial charge in [-0.2, -0.15) is 0 Å². The highest BCUT2D eigenvalue weighted by atomic mass is 16.5. The molecule has 0 saturated heterocycles. The summed E-state index contributed by atoms with van der Waals surface area (Å²) in [6.07, 6.45) is 0. The molecule has 0 aromatic heterocycles. The molecule has 100 valence electrons. The Morgan fingerprint density at radius 1 is 0.947 bits per heavy atom. The molecule has 0 heterocycles. The van der Waals surface area contributed by atoms with Crippen molar-refractivity contribution in [1.29, 1.82) is 0 Å². The molecular weight excluding hydrogens is 238 g/mol. The Labute approximate surface area is 114 Å². The topological polar surface area (TPSA) is 30.5 Å². The number of nitrogens with one attached hydrogen (secondary N) is 1. The summed E-state index contributed by atoms with van der Waals surface area (Å²) < 4.78 is 10.4. The van der Waals surface area contributed by atoms with Gasteiger partial charge in [0, 0.05) is 12.2 Å². The highest BCUT2D eigenvalue weighted by molar-refractivity contribution is 5.51. The Hall–Kier alpha value is -2.16. The highest BCUT2D eigenvalue weighted by Crippen LogP contribution is 2.22. The third kappa shape index (κ3) is 3.41. The van der Waals surface area contributed by atoms with E-state index in [4.69, 9.17) is 9.47 Å². The molecule has 1 N–H and O–H groups in total. The van der Waals surface area contributed by atoms with Crippen LogP contribution in [0.4, 0.5) is 5.69 Å². The summed E-state index contributed by atoms with van der Waals surface area (Å²) >= 11 is 0. The number of aryl methyl sites for hydroxylation is 1. The average Bonchev–Trinajstić information content (AvgIpc) is 2.46. The monoisotopic (exact) mass is 257 g/mol. The fraction of sp³-hybridized carbons (Fsp3) is 0.250. The van der Waals surface area contributed by atoms with Gasteiger partial charge < -0.3 is 14.8 Å². The predicted octanol–water partition coefficient (Wildman–Crippen LogP) is 3.62. The van der Waals surface area contributed by atoms with Crippen LogP contribution in [0.3, 0.4) is 0 Å². The molecule has 0 aliphatic rings. The van der Waals surface area contributed by atoms with E-state index in [1.54, 1.807) is 14.2 Å². The van der Waals surface area contributed by atoms with E-state index >= 15 is 0 Å². The van der Waals surface area contributed by atoms with Crippen LogP contribution in [-0.2, 0) is 6.54 Å². The summed E-state index contributed by atoms with van der Waals surface area (Å²) in [4.78, 5) is 0. The molecule has 0 fully saturated rings. The molecule has 19 heavy (non-hydrogen) atoms. The largest absolute Gasteiger partial charge is 0.497 e. The third-order valence-corrected chi connectivity index (χ3v) is 3.05. The fourth-order valence-corrected chi connectivity index (χ4v) is 1.94. The number of methoxy groups -OCH3 is 2. The zero-order valence-corrected chi connectivity index (χ0v) is 11.6. The van der Waals surface area contributed by atoms with E-state index in [-0.39, 0.29) is 0 Å². The Bertz CT molecular complexity index is 535. The zero-order chi connectivity index (χ0) is 13.7. The van der Waals surface area contributed by atoms with Gasteiger partial charge in [0.15, 0.2) is 0 Å². The lowest BCUT2D eigenvalue weighted by atomic mass is 10.2. The van der Waals surface area contributed by atoms with Crippen molar-refractivity contribution in [2.75, 3.05) is 19.5 Å². The van der Waals surface area contributed by atoms with E-state index in [0.717, 1.165) is 29.3 Å². The third-order valence-electron chi connectivity index (χ3n) is 3.05. The van der Waals surface area contributed by atoms with Crippen LogP contribution in [0, 0.1) is 6.92 Å². The van der Waals surface area contributed by atoms with Gasteiger partial charge in [0.2, 0.25) is 0 Å². The lowest BCUT2D eigenvalue weighted by Gasteiger charge is -2.10. The lowest BCUT2D eigenvalue weighted by Crippen LogP contribution is -2.00. The second-order valence-electron chi connectivity index (χ2n) is 4.39. The maximum atomic E-state index is 5.25. The van der Waals surface area contributed by atoms with Crippen LogP contribution in [-0.4, -0.2) is 14.2 Å². The van der Waals surface area contributed by atoms with Crippen LogP contribution >= 0.6 is 0 Å². The minimum absolute atomic E-state index is 0.787. The molecule has 3 nitrogen and oxygen atoms in total. The molecule has 0 amide bonds. The van der Waals surface area contributed by atoms with Crippen LogP contribution in [0.25, 0.3) is 0 Å². The molecule has 0 unspecified atom stereocenters. The van der Waals surface area contributed by atoms with Crippen LogP contribution in [0.15, 0.2) is 42.5 Å². The summed E-state index contributed by atoms with van der Waals surface area (Å²) in [7, 11) is 3.36. The molecule has 0 atom stereocenters. The molecule has 2 aromatic carbocycles. The summed E-state index contributed by atoms with van der Waals surface area (Å²) in [5.74, 6) is 1.79. The van der Waals surface area contributed by atoms with Crippen LogP contribution in [0.5, 0.6) is 11.5 Å². The lowest BCUT2D eigenvalue weighted by molar-refractivity contribution is 0.412. The number of benzene rings is 2. The minimum Gasteiger partial charge on any atom is -0.497 e. The van der Waals surface area contributed by atoms with E-state index in [9.17, 15) is 0 Å². The molecule has 3 heteroatoms. The first kappa shape index (κ1) is 13.3. The fourth-order valence-electron chi connectivity index (χ4n) is 1.94. The van der Waals surface area contributed by atoms with Crippen molar-refractivity contribution in [3.05, 3.63) is 53.6 Å². The Kier molecular flexibility index (Phi) is 4.29. The van der Waals surface area contributed by atoms with Gasteiger partial charge in [0.1, 0.15) is 11.5 Å². The zero-order valence-electron chi connectivity index (χ0n) is 11.6. The number of hydrogen-bond donors (Lipinski definition) is 1. The van der Waals surface area contributed by atoms with Crippen molar-refractivity contribution in [1.82, 2.24) is 0 Å². The second-order valence-corrected chi connectivity index (χ2v) is 4.39. The minimum atomic E-state index is 0.787. The normalized spacial score (nSPS) is 10.1. The summed E-state index contributed by atoms with van der Waals surface area (Å²) in [6.45, 7) is 2.83. The number of anilines is 1. The van der Waals surface area contributed by atoms with Crippen molar-refractivity contribution in [3.63, 3.8) is 0 Å². The molecule has 0 radical (unpaired) electrons. The van der Waals surface area contributed by atoms with Gasteiger partial charge >= 0.3 is 0 Å². The van der Waals surface area contributed by atoms with Crippen molar-refractivity contribution in [3.8, 4) is 11.5 Å². The van der Waals surface area contributed by atoms with Crippen molar-refractivity contribution < 1.29 is 9.47 Å². The average molecular weight is 257 g/mol. The first-order valence-electron chi connectivity index (χ1n) is 6.24. The van der Waals surface area contributed by atoms with Crippen molar-refractivity contribution in [2.45, 2.75) is 13.5 Å². The molecule has 2 aromatic rings. The van der Waals surface area contributed by atoms with E-state index in [1.807, 2.05) is 31.2 Å². The quantitative estimate of drug-likeness (QED) is 0.887. The smallest absolute Gasteiger partial charge is 0.121 e. The van der Waals surface area contributed by atoms with Crippen LogP contribution < -0.4 is 14.8 Å². The van der Waals surface area contributed by atoms with Crippen molar-refractivity contribution in [2.24, 2.45) is 0 Å². The number of hydrogen-bond acceptors (Lipinski definition) is 3. The van der Waals surface area contributed by atoms with E-state index < -0.39 is 0 Å². The SMILES string of the molecule is COc1ccc(CNc2ccc(OC)c(C)c2)cc1. The Morgan fingerprint density at radius 2 is 1.68 bits per heavy atom. The van der Waals surface area contributed by atoms with E-state index in [1.165, 1.54) is 5.56 Å². The second kappa shape index (κ2) is 6.14.